The van der Waals surface area contributed by atoms with E-state index in [-0.39, 0.29) is 30.2 Å². The zero-order chi connectivity index (χ0) is 27.4. The van der Waals surface area contributed by atoms with Gasteiger partial charge in [-0.05, 0) is 29.7 Å². The van der Waals surface area contributed by atoms with Gasteiger partial charge in [0.1, 0.15) is 11.9 Å². The molecule has 13 heteroatoms. The Morgan fingerprint density at radius 1 is 1.03 bits per heavy atom. The minimum absolute atomic E-state index is 0.0213. The predicted molar refractivity (Wildman–Crippen MR) is 138 cm³/mol. The van der Waals surface area contributed by atoms with Crippen molar-refractivity contribution in [2.45, 2.75) is 13.0 Å². The number of aromatic nitrogens is 6. The summed E-state index contributed by atoms with van der Waals surface area (Å²) in [5.41, 5.74) is 9.56. The Morgan fingerprint density at radius 2 is 1.82 bits per heavy atom. The molecule has 3 aromatic heterocycles. The highest BCUT2D eigenvalue weighted by atomic mass is 19.2. The molecule has 0 fully saturated rings. The number of hydrogen-bond donors (Lipinski definition) is 4. The number of nitrogens with zero attached hydrogens (tertiary/aromatic N) is 6. The second kappa shape index (κ2) is 10.9. The fourth-order valence-electron chi connectivity index (χ4n) is 3.76. The quantitative estimate of drug-likeness (QED) is 0.237. The van der Waals surface area contributed by atoms with Crippen molar-refractivity contribution < 1.29 is 13.6 Å². The number of nitrogen functional groups attached to an aromatic ring is 1. The lowest BCUT2D eigenvalue weighted by Gasteiger charge is -2.11. The number of carbonyl (C=O) groups excluding carboxylic acids is 1. The Labute approximate surface area is 220 Å². The molecule has 0 aliphatic carbocycles. The van der Waals surface area contributed by atoms with Crippen LogP contribution in [0.3, 0.4) is 0 Å². The maximum absolute atomic E-state index is 13.4. The summed E-state index contributed by atoms with van der Waals surface area (Å²) in [6.07, 6.45) is 3.15. The zero-order valence-corrected chi connectivity index (χ0v) is 20.2. The molecule has 0 atom stereocenters. The number of anilines is 2. The summed E-state index contributed by atoms with van der Waals surface area (Å²) in [6.45, 7) is 0.456. The minimum atomic E-state index is -0.956. The van der Waals surface area contributed by atoms with Gasteiger partial charge in [0.05, 0.1) is 18.1 Å². The van der Waals surface area contributed by atoms with Gasteiger partial charge in [-0.3, -0.25) is 9.89 Å². The molecule has 2 aromatic carbocycles. The summed E-state index contributed by atoms with van der Waals surface area (Å²) in [4.78, 5) is 29.9. The molecular weight excluding hydrogens is 506 g/mol. The van der Waals surface area contributed by atoms with E-state index in [2.05, 4.69) is 40.8 Å². The third kappa shape index (κ3) is 5.59. The summed E-state index contributed by atoms with van der Waals surface area (Å²) in [5.74, 6) is -1.93. The fourth-order valence-corrected chi connectivity index (χ4v) is 3.76. The average molecular weight is 527 g/mol. The van der Waals surface area contributed by atoms with E-state index in [1.54, 1.807) is 6.20 Å². The topological polar surface area (TPSA) is 171 Å². The number of halogens is 2. The lowest BCUT2D eigenvalue weighted by atomic mass is 10.1. The van der Waals surface area contributed by atoms with Crippen LogP contribution in [0.4, 0.5) is 20.4 Å². The van der Waals surface area contributed by atoms with Crippen molar-refractivity contribution in [1.29, 1.82) is 5.26 Å². The van der Waals surface area contributed by atoms with Crippen LogP contribution in [0.5, 0.6) is 0 Å². The Morgan fingerprint density at radius 3 is 2.59 bits per heavy atom. The van der Waals surface area contributed by atoms with Crippen LogP contribution < -0.4 is 16.4 Å². The van der Waals surface area contributed by atoms with Crippen molar-refractivity contribution >= 4 is 28.7 Å². The Hall–Kier alpha value is -5.51. The highest BCUT2D eigenvalue weighted by Gasteiger charge is 2.16. The van der Waals surface area contributed by atoms with Gasteiger partial charge in [0.2, 0.25) is 5.65 Å². The number of nitriles is 1. The number of nitrogens with one attached hydrogen (secondary N) is 3. The first-order valence-electron chi connectivity index (χ1n) is 11.7. The number of amides is 1. The molecule has 3 heterocycles. The van der Waals surface area contributed by atoms with E-state index in [4.69, 9.17) is 5.73 Å². The third-order valence-electron chi connectivity index (χ3n) is 5.79. The molecule has 0 saturated carbocycles. The first-order chi connectivity index (χ1) is 18.9. The second-order valence-electron chi connectivity index (χ2n) is 8.43. The maximum Gasteiger partial charge on any atom is 0.273 e. The average Bonchev–Trinajstić information content (AvgIpc) is 3.33. The van der Waals surface area contributed by atoms with Crippen molar-refractivity contribution in [3.05, 3.63) is 89.0 Å². The van der Waals surface area contributed by atoms with Gasteiger partial charge in [-0.25, -0.2) is 28.7 Å². The normalized spacial score (nSPS) is 10.8. The first kappa shape index (κ1) is 25.2. The highest BCUT2D eigenvalue weighted by Crippen LogP contribution is 2.22. The summed E-state index contributed by atoms with van der Waals surface area (Å²) in [7, 11) is 0. The number of benzene rings is 2. The SMILES string of the molecule is N#Cc1cnc(NCc2ccc(-c3cnc4n[nH]c(N)c4n3)cc2)c(C(=O)NCCc2ccc(F)c(F)c2)n1. The Bertz CT molecular complexity index is 1710. The standard InChI is InChI=1S/C26H20F2N10O/c27-18-6-3-14(9-19(18)28)7-8-31-26(39)22-24(33-12-17(10-29)35-22)32-11-15-1-4-16(5-2-15)20-13-34-25-21(36-20)23(30)37-38-25/h1-6,9,12-13H,7-8,11H2,(H,31,39)(H,32,33)(H3,30,34,37,38). The van der Waals surface area contributed by atoms with Crippen LogP contribution in [0, 0.1) is 23.0 Å². The largest absolute Gasteiger partial charge is 0.382 e. The number of nitrogens with two attached hydrogens (primary N) is 1. The molecule has 0 aliphatic heterocycles. The van der Waals surface area contributed by atoms with Crippen LogP contribution in [0.1, 0.15) is 27.3 Å². The molecule has 0 bridgehead atoms. The van der Waals surface area contributed by atoms with E-state index in [9.17, 15) is 18.8 Å². The molecule has 0 spiro atoms. The Balaban J connectivity index is 1.25. The lowest BCUT2D eigenvalue weighted by Crippen LogP contribution is -2.28. The third-order valence-corrected chi connectivity index (χ3v) is 5.79. The molecule has 0 unspecified atom stereocenters. The summed E-state index contributed by atoms with van der Waals surface area (Å²) in [5, 5.41) is 21.6. The van der Waals surface area contributed by atoms with Crippen molar-refractivity contribution in [2.24, 2.45) is 0 Å². The molecule has 0 aliphatic rings. The van der Waals surface area contributed by atoms with Gasteiger partial charge in [-0.2, -0.15) is 10.4 Å². The van der Waals surface area contributed by atoms with Crippen molar-refractivity contribution in [3.63, 3.8) is 0 Å². The van der Waals surface area contributed by atoms with Gasteiger partial charge in [-0.15, -0.1) is 0 Å². The van der Waals surface area contributed by atoms with Crippen LogP contribution >= 0.6 is 0 Å². The molecule has 11 nitrogen and oxygen atoms in total. The van der Waals surface area contributed by atoms with E-state index >= 15 is 0 Å². The molecule has 5 rings (SSSR count). The van der Waals surface area contributed by atoms with Crippen LogP contribution in [0.2, 0.25) is 0 Å². The summed E-state index contributed by atoms with van der Waals surface area (Å²) in [6, 6.07) is 12.9. The summed E-state index contributed by atoms with van der Waals surface area (Å²) < 4.78 is 26.6. The monoisotopic (exact) mass is 526 g/mol. The molecule has 39 heavy (non-hydrogen) atoms. The molecule has 1 amide bonds. The van der Waals surface area contributed by atoms with Crippen molar-refractivity contribution in [1.82, 2.24) is 35.5 Å². The number of H-pyrrole nitrogens is 1. The zero-order valence-electron chi connectivity index (χ0n) is 20.2. The van der Waals surface area contributed by atoms with E-state index in [0.29, 0.717) is 34.8 Å². The van der Waals surface area contributed by atoms with Gasteiger partial charge >= 0.3 is 0 Å². The van der Waals surface area contributed by atoms with Gasteiger partial charge in [0, 0.05) is 18.7 Å². The number of carbonyl (C=O) groups is 1. The van der Waals surface area contributed by atoms with E-state index in [1.807, 2.05) is 30.3 Å². The predicted octanol–water partition coefficient (Wildman–Crippen LogP) is 3.13. The fraction of sp³-hybridized carbons (Fsp3) is 0.115. The van der Waals surface area contributed by atoms with E-state index in [0.717, 1.165) is 23.3 Å². The highest BCUT2D eigenvalue weighted by molar-refractivity contribution is 5.96. The van der Waals surface area contributed by atoms with E-state index < -0.39 is 17.5 Å². The maximum atomic E-state index is 13.4. The Kier molecular flexibility index (Phi) is 7.00. The van der Waals surface area contributed by atoms with Gasteiger partial charge in [0.15, 0.2) is 34.4 Å². The molecule has 0 saturated heterocycles. The van der Waals surface area contributed by atoms with Crippen molar-refractivity contribution in [3.8, 4) is 17.3 Å². The van der Waals surface area contributed by atoms with E-state index in [1.165, 1.54) is 12.3 Å². The van der Waals surface area contributed by atoms with Crippen LogP contribution in [0.25, 0.3) is 22.4 Å². The van der Waals surface area contributed by atoms with Crippen LogP contribution in [0.15, 0.2) is 54.9 Å². The lowest BCUT2D eigenvalue weighted by molar-refractivity contribution is 0.0949. The van der Waals surface area contributed by atoms with Gasteiger partial charge < -0.3 is 16.4 Å². The number of fused-ring (bicyclic) bond motifs is 1. The van der Waals surface area contributed by atoms with Crippen LogP contribution in [-0.4, -0.2) is 42.6 Å². The number of rotatable bonds is 8. The minimum Gasteiger partial charge on any atom is -0.382 e. The molecule has 5 aromatic rings. The smallest absolute Gasteiger partial charge is 0.273 e. The molecule has 194 valence electrons. The number of aromatic amines is 1. The number of hydrogen-bond acceptors (Lipinski definition) is 9. The molecule has 0 radical (unpaired) electrons. The second-order valence-corrected chi connectivity index (χ2v) is 8.43. The van der Waals surface area contributed by atoms with Gasteiger partial charge in [0.25, 0.3) is 5.91 Å². The molecule has 5 N–H and O–H groups in total. The van der Waals surface area contributed by atoms with Crippen molar-refractivity contribution in [2.75, 3.05) is 17.6 Å². The van der Waals surface area contributed by atoms with Gasteiger partial charge in [-0.1, -0.05) is 30.3 Å². The summed E-state index contributed by atoms with van der Waals surface area (Å²) >= 11 is 0. The van der Waals surface area contributed by atoms with Crippen LogP contribution in [-0.2, 0) is 13.0 Å². The molecular formula is C26H20F2N10O. The first-order valence-corrected chi connectivity index (χ1v) is 11.7.